The number of aromatic nitrogens is 2. The first-order chi connectivity index (χ1) is 15.4. The maximum absolute atomic E-state index is 13.0. The van der Waals surface area contributed by atoms with Crippen molar-refractivity contribution < 1.29 is 9.59 Å². The summed E-state index contributed by atoms with van der Waals surface area (Å²) in [6, 6.07) is 13.1. The number of nitrogens with zero attached hydrogens (tertiary/aromatic N) is 2. The van der Waals surface area contributed by atoms with Crippen molar-refractivity contribution in [3.63, 3.8) is 0 Å². The van der Waals surface area contributed by atoms with Crippen LogP contribution in [0.5, 0.6) is 0 Å². The highest BCUT2D eigenvalue weighted by Crippen LogP contribution is 2.32. The second kappa shape index (κ2) is 7.72. The number of thiophene rings is 1. The molecular weight excluding hydrogens is 424 g/mol. The van der Waals surface area contributed by atoms with Crippen molar-refractivity contribution >= 4 is 33.5 Å². The van der Waals surface area contributed by atoms with Crippen LogP contribution in [0.4, 0.5) is 4.79 Å². The zero-order valence-corrected chi connectivity index (χ0v) is 18.4. The van der Waals surface area contributed by atoms with E-state index in [1.807, 2.05) is 35.7 Å². The SMILES string of the molecule is Cc1ccc(-c2csc3nc(-c4ccc(CN5C(=O)CNC5=O)cc4)[nH]c(=O)c23)cc1C. The van der Waals surface area contributed by atoms with Gasteiger partial charge in [-0.3, -0.25) is 14.5 Å². The standard InChI is InChI=1S/C24H20N4O3S/c1-13-3-6-17(9-14(13)2)18-12-32-23-20(18)22(30)26-21(27-23)16-7-4-15(5-8-16)11-28-19(29)10-25-24(28)31/h3-9,12H,10-11H2,1-2H3,(H,25,31)(H,26,27,30). The number of hydrogen-bond donors (Lipinski definition) is 2. The van der Waals surface area contributed by atoms with Crippen LogP contribution in [0.3, 0.4) is 0 Å². The average molecular weight is 445 g/mol. The molecule has 0 saturated carbocycles. The lowest BCUT2D eigenvalue weighted by Gasteiger charge is -2.12. The Hall–Kier alpha value is -3.78. The van der Waals surface area contributed by atoms with Gasteiger partial charge in [0, 0.05) is 16.5 Å². The first-order valence-electron chi connectivity index (χ1n) is 10.2. The van der Waals surface area contributed by atoms with Crippen molar-refractivity contribution in [1.29, 1.82) is 0 Å². The lowest BCUT2D eigenvalue weighted by molar-refractivity contribution is -0.125. The summed E-state index contributed by atoms with van der Waals surface area (Å²) in [5.41, 5.74) is 5.67. The minimum Gasteiger partial charge on any atom is -0.329 e. The zero-order chi connectivity index (χ0) is 22.4. The van der Waals surface area contributed by atoms with E-state index >= 15 is 0 Å². The Bertz CT molecular complexity index is 1420. The Morgan fingerprint density at radius 2 is 1.75 bits per heavy atom. The highest BCUT2D eigenvalue weighted by atomic mass is 32.1. The molecule has 1 saturated heterocycles. The van der Waals surface area contributed by atoms with Gasteiger partial charge in [-0.15, -0.1) is 11.3 Å². The van der Waals surface area contributed by atoms with Gasteiger partial charge in [-0.2, -0.15) is 0 Å². The largest absolute Gasteiger partial charge is 0.329 e. The van der Waals surface area contributed by atoms with E-state index in [9.17, 15) is 14.4 Å². The summed E-state index contributed by atoms with van der Waals surface area (Å²) in [5, 5.41) is 5.08. The molecule has 0 bridgehead atoms. The molecule has 0 unspecified atom stereocenters. The van der Waals surface area contributed by atoms with Gasteiger partial charge in [0.15, 0.2) is 0 Å². The quantitative estimate of drug-likeness (QED) is 0.466. The second-order valence-corrected chi connectivity index (χ2v) is 8.74. The lowest BCUT2D eigenvalue weighted by atomic mass is 10.0. The number of carbonyl (C=O) groups excluding carboxylic acids is 2. The number of nitrogens with one attached hydrogen (secondary N) is 2. The van der Waals surface area contributed by atoms with Gasteiger partial charge in [-0.05, 0) is 36.1 Å². The van der Waals surface area contributed by atoms with Gasteiger partial charge in [0.25, 0.3) is 5.56 Å². The molecular formula is C24H20N4O3S. The number of carbonyl (C=O) groups is 2. The van der Waals surface area contributed by atoms with Gasteiger partial charge in [0.1, 0.15) is 10.7 Å². The van der Waals surface area contributed by atoms with Crippen molar-refractivity contribution in [3.05, 3.63) is 74.9 Å². The van der Waals surface area contributed by atoms with Crippen LogP contribution in [0.25, 0.3) is 32.7 Å². The van der Waals surface area contributed by atoms with Crippen LogP contribution in [0, 0.1) is 13.8 Å². The van der Waals surface area contributed by atoms with Crippen molar-refractivity contribution in [2.45, 2.75) is 20.4 Å². The fourth-order valence-corrected chi connectivity index (χ4v) is 4.72. The number of fused-ring (bicyclic) bond motifs is 1. The molecule has 3 heterocycles. The van der Waals surface area contributed by atoms with Crippen LogP contribution in [-0.4, -0.2) is 33.4 Å². The van der Waals surface area contributed by atoms with E-state index in [1.165, 1.54) is 27.4 Å². The predicted molar refractivity (Wildman–Crippen MR) is 125 cm³/mol. The molecule has 1 fully saturated rings. The molecule has 7 nitrogen and oxygen atoms in total. The van der Waals surface area contributed by atoms with E-state index in [0.717, 1.165) is 22.3 Å². The van der Waals surface area contributed by atoms with Crippen molar-refractivity contribution in [1.82, 2.24) is 20.2 Å². The summed E-state index contributed by atoms with van der Waals surface area (Å²) in [5.74, 6) is 0.241. The third kappa shape index (κ3) is 3.48. The predicted octanol–water partition coefficient (Wildman–Crippen LogP) is 3.99. The summed E-state index contributed by atoms with van der Waals surface area (Å²) in [7, 11) is 0. The molecule has 1 aliphatic rings. The topological polar surface area (TPSA) is 95.2 Å². The molecule has 8 heteroatoms. The Kier molecular flexibility index (Phi) is 4.86. The van der Waals surface area contributed by atoms with E-state index in [1.54, 1.807) is 0 Å². The second-order valence-electron chi connectivity index (χ2n) is 7.88. The van der Waals surface area contributed by atoms with Crippen molar-refractivity contribution in [3.8, 4) is 22.5 Å². The van der Waals surface area contributed by atoms with Crippen LogP contribution in [0.1, 0.15) is 16.7 Å². The highest BCUT2D eigenvalue weighted by Gasteiger charge is 2.28. The molecule has 2 aromatic heterocycles. The summed E-state index contributed by atoms with van der Waals surface area (Å²) >= 11 is 1.45. The van der Waals surface area contributed by atoms with Gasteiger partial charge in [0.05, 0.1) is 18.5 Å². The van der Waals surface area contributed by atoms with E-state index in [-0.39, 0.29) is 30.6 Å². The number of H-pyrrole nitrogens is 1. The maximum Gasteiger partial charge on any atom is 0.324 e. The van der Waals surface area contributed by atoms with E-state index in [4.69, 9.17) is 0 Å². The molecule has 2 N–H and O–H groups in total. The molecule has 4 aromatic rings. The molecule has 160 valence electrons. The summed E-state index contributed by atoms with van der Waals surface area (Å²) < 4.78 is 0. The van der Waals surface area contributed by atoms with Crippen LogP contribution < -0.4 is 10.9 Å². The summed E-state index contributed by atoms with van der Waals surface area (Å²) in [6.45, 7) is 4.36. The van der Waals surface area contributed by atoms with Gasteiger partial charge in [-0.1, -0.05) is 42.5 Å². The number of rotatable bonds is 4. The number of urea groups is 1. The Morgan fingerprint density at radius 3 is 2.44 bits per heavy atom. The first kappa shape index (κ1) is 20.1. The van der Waals surface area contributed by atoms with Gasteiger partial charge >= 0.3 is 6.03 Å². The van der Waals surface area contributed by atoms with Crippen LogP contribution in [-0.2, 0) is 11.3 Å². The Morgan fingerprint density at radius 1 is 1.00 bits per heavy atom. The lowest BCUT2D eigenvalue weighted by Crippen LogP contribution is -2.30. The molecule has 2 aromatic carbocycles. The minimum absolute atomic E-state index is 0.0348. The molecule has 3 amide bonds. The highest BCUT2D eigenvalue weighted by molar-refractivity contribution is 7.17. The fourth-order valence-electron chi connectivity index (χ4n) is 3.77. The zero-order valence-electron chi connectivity index (χ0n) is 17.6. The normalized spacial score (nSPS) is 13.8. The molecule has 0 spiro atoms. The van der Waals surface area contributed by atoms with E-state index in [0.29, 0.717) is 16.0 Å². The maximum atomic E-state index is 13.0. The van der Waals surface area contributed by atoms with Crippen LogP contribution in [0.15, 0.2) is 52.6 Å². The van der Waals surface area contributed by atoms with Gasteiger partial charge in [-0.25, -0.2) is 9.78 Å². The number of amides is 3. The number of benzene rings is 2. The van der Waals surface area contributed by atoms with Gasteiger partial charge in [0.2, 0.25) is 5.91 Å². The Labute approximate surface area is 187 Å². The molecule has 1 aliphatic heterocycles. The summed E-state index contributed by atoms with van der Waals surface area (Å²) in [4.78, 5) is 45.9. The number of aromatic amines is 1. The van der Waals surface area contributed by atoms with Crippen LogP contribution in [0.2, 0.25) is 0 Å². The first-order valence-corrected chi connectivity index (χ1v) is 11.1. The van der Waals surface area contributed by atoms with E-state index < -0.39 is 0 Å². The summed E-state index contributed by atoms with van der Waals surface area (Å²) in [6.07, 6.45) is 0. The number of hydrogen-bond acceptors (Lipinski definition) is 5. The third-order valence-corrected chi connectivity index (χ3v) is 6.64. The third-order valence-electron chi connectivity index (χ3n) is 5.77. The fraction of sp³-hybridized carbons (Fsp3) is 0.167. The van der Waals surface area contributed by atoms with Gasteiger partial charge < -0.3 is 10.3 Å². The molecule has 0 aliphatic carbocycles. The van der Waals surface area contributed by atoms with Crippen molar-refractivity contribution in [2.75, 3.05) is 6.54 Å². The molecule has 0 atom stereocenters. The smallest absolute Gasteiger partial charge is 0.324 e. The molecule has 32 heavy (non-hydrogen) atoms. The average Bonchev–Trinajstić information content (AvgIpc) is 3.35. The van der Waals surface area contributed by atoms with E-state index in [2.05, 4.69) is 41.3 Å². The monoisotopic (exact) mass is 444 g/mol. The molecule has 5 rings (SSSR count). The van der Waals surface area contributed by atoms with Crippen LogP contribution >= 0.6 is 11.3 Å². The Balaban J connectivity index is 1.46. The van der Waals surface area contributed by atoms with Crippen molar-refractivity contribution in [2.24, 2.45) is 0 Å². The molecule has 0 radical (unpaired) electrons. The number of aryl methyl sites for hydroxylation is 2. The number of imide groups is 1. The minimum atomic E-state index is -0.382.